The highest BCUT2D eigenvalue weighted by Gasteiger charge is 2.24. The van der Waals surface area contributed by atoms with Crippen molar-refractivity contribution in [3.63, 3.8) is 0 Å². The van der Waals surface area contributed by atoms with Crippen molar-refractivity contribution in [3.8, 4) is 0 Å². The Balaban J connectivity index is 0.00000200. The van der Waals surface area contributed by atoms with Crippen molar-refractivity contribution in [3.05, 3.63) is 35.1 Å². The van der Waals surface area contributed by atoms with Crippen molar-refractivity contribution >= 4 is 18.3 Å². The number of fused-ring (bicyclic) bond motifs is 1. The molecule has 4 nitrogen and oxygen atoms in total. The summed E-state index contributed by atoms with van der Waals surface area (Å²) in [4.78, 5) is 11.9. The minimum absolute atomic E-state index is 0. The van der Waals surface area contributed by atoms with Crippen LogP contribution in [0.5, 0.6) is 0 Å². The lowest BCUT2D eigenvalue weighted by Crippen LogP contribution is -2.33. The van der Waals surface area contributed by atoms with Gasteiger partial charge in [-0.2, -0.15) is 0 Å². The topological polar surface area (TPSA) is 64.3 Å². The zero-order valence-electron chi connectivity index (χ0n) is 11.4. The number of hydrogen-bond donors (Lipinski definition) is 2. The molecule has 1 aliphatic carbocycles. The molecule has 0 heterocycles. The summed E-state index contributed by atoms with van der Waals surface area (Å²) in [5.41, 5.74) is 7.48. The molecule has 6 heteroatoms. The zero-order valence-corrected chi connectivity index (χ0v) is 12.2. The summed E-state index contributed by atoms with van der Waals surface area (Å²) in [7, 11) is 1.54. The fourth-order valence-corrected chi connectivity index (χ4v) is 2.46. The molecule has 0 saturated carbocycles. The van der Waals surface area contributed by atoms with Crippen molar-refractivity contribution in [2.24, 2.45) is 5.73 Å². The summed E-state index contributed by atoms with van der Waals surface area (Å²) in [6.07, 6.45) is 1.60. The van der Waals surface area contributed by atoms with Crippen LogP contribution >= 0.6 is 12.4 Å². The molecule has 0 aromatic heterocycles. The van der Waals surface area contributed by atoms with E-state index in [1.54, 1.807) is 19.2 Å². The second-order valence-corrected chi connectivity index (χ2v) is 4.80. The lowest BCUT2D eigenvalue weighted by molar-refractivity contribution is -0.124. The van der Waals surface area contributed by atoms with Gasteiger partial charge in [0.15, 0.2) is 0 Å². The Hall–Kier alpha value is -1.17. The Bertz CT molecular complexity index is 466. The number of amides is 1. The number of methoxy groups -OCH3 is 1. The highest BCUT2D eigenvalue weighted by molar-refractivity contribution is 5.85. The summed E-state index contributed by atoms with van der Waals surface area (Å²) >= 11 is 0. The highest BCUT2D eigenvalue weighted by atomic mass is 35.5. The molecule has 2 atom stereocenters. The van der Waals surface area contributed by atoms with E-state index in [0.29, 0.717) is 6.54 Å². The van der Waals surface area contributed by atoms with Gasteiger partial charge in [0.1, 0.15) is 5.82 Å². The van der Waals surface area contributed by atoms with Crippen LogP contribution in [-0.4, -0.2) is 25.7 Å². The molecule has 0 saturated heterocycles. The second kappa shape index (κ2) is 7.57. The van der Waals surface area contributed by atoms with Crippen LogP contribution in [0.2, 0.25) is 0 Å². The maximum absolute atomic E-state index is 13.1. The van der Waals surface area contributed by atoms with E-state index in [9.17, 15) is 9.18 Å². The summed E-state index contributed by atoms with van der Waals surface area (Å²) in [6, 6.07) is 4.69. The van der Waals surface area contributed by atoms with Crippen molar-refractivity contribution in [1.82, 2.24) is 5.32 Å². The number of ether oxygens (including phenoxy) is 1. The number of carbonyl (C=O) groups excluding carboxylic acids is 1. The van der Waals surface area contributed by atoms with Crippen LogP contribution in [0.3, 0.4) is 0 Å². The average Bonchev–Trinajstić information content (AvgIpc) is 2.78. The Morgan fingerprint density at radius 3 is 3.00 bits per heavy atom. The van der Waals surface area contributed by atoms with E-state index >= 15 is 0 Å². The molecule has 2 unspecified atom stereocenters. The fraction of sp³-hybridized carbons (Fsp3) is 0.500. The van der Waals surface area contributed by atoms with Crippen LogP contribution in [-0.2, 0) is 16.0 Å². The van der Waals surface area contributed by atoms with Crippen molar-refractivity contribution < 1.29 is 13.9 Å². The standard InChI is InChI=1S/C14H19FN2O2.ClH/c1-19-11(8-16)7-14(18)17-13-5-2-9-6-10(15)3-4-12(9)13;/h3-4,6,11,13H,2,5,7-8,16H2,1H3,(H,17,18);1H. The normalized spacial score (nSPS) is 18.1. The van der Waals surface area contributed by atoms with Gasteiger partial charge in [-0.15, -0.1) is 12.4 Å². The van der Waals surface area contributed by atoms with E-state index in [4.69, 9.17) is 10.5 Å². The third kappa shape index (κ3) is 3.91. The van der Waals surface area contributed by atoms with Gasteiger partial charge in [-0.05, 0) is 36.1 Å². The SMILES string of the molecule is COC(CN)CC(=O)NC1CCc2cc(F)ccc21.Cl. The zero-order chi connectivity index (χ0) is 13.8. The van der Waals surface area contributed by atoms with Gasteiger partial charge in [0.05, 0.1) is 18.6 Å². The number of hydrogen-bond acceptors (Lipinski definition) is 3. The van der Waals surface area contributed by atoms with E-state index in [-0.39, 0.29) is 42.7 Å². The molecule has 0 bridgehead atoms. The summed E-state index contributed by atoms with van der Waals surface area (Å²) < 4.78 is 18.2. The van der Waals surface area contributed by atoms with Gasteiger partial charge in [-0.1, -0.05) is 6.07 Å². The minimum atomic E-state index is -0.255. The molecular formula is C14H20ClFN2O2. The molecular weight excluding hydrogens is 283 g/mol. The quantitative estimate of drug-likeness (QED) is 0.870. The van der Waals surface area contributed by atoms with E-state index < -0.39 is 0 Å². The van der Waals surface area contributed by atoms with Crippen LogP contribution in [0.4, 0.5) is 4.39 Å². The van der Waals surface area contributed by atoms with E-state index in [1.807, 2.05) is 0 Å². The Morgan fingerprint density at radius 1 is 1.60 bits per heavy atom. The molecule has 1 aliphatic rings. The lowest BCUT2D eigenvalue weighted by atomic mass is 10.1. The first-order valence-corrected chi connectivity index (χ1v) is 6.44. The smallest absolute Gasteiger partial charge is 0.223 e. The van der Waals surface area contributed by atoms with E-state index in [1.165, 1.54) is 6.07 Å². The third-order valence-corrected chi connectivity index (χ3v) is 3.53. The van der Waals surface area contributed by atoms with Crippen LogP contribution in [0, 0.1) is 5.82 Å². The molecule has 0 radical (unpaired) electrons. The van der Waals surface area contributed by atoms with Crippen molar-refractivity contribution in [2.75, 3.05) is 13.7 Å². The van der Waals surface area contributed by atoms with E-state index in [0.717, 1.165) is 24.0 Å². The molecule has 112 valence electrons. The van der Waals surface area contributed by atoms with Crippen LogP contribution in [0.25, 0.3) is 0 Å². The van der Waals surface area contributed by atoms with Gasteiger partial charge in [-0.25, -0.2) is 4.39 Å². The molecule has 0 spiro atoms. The molecule has 2 rings (SSSR count). The van der Waals surface area contributed by atoms with Gasteiger partial charge in [0.2, 0.25) is 5.91 Å². The highest BCUT2D eigenvalue weighted by Crippen LogP contribution is 2.31. The fourth-order valence-electron chi connectivity index (χ4n) is 2.46. The first-order valence-electron chi connectivity index (χ1n) is 6.44. The summed E-state index contributed by atoms with van der Waals surface area (Å²) in [6.45, 7) is 0.316. The lowest BCUT2D eigenvalue weighted by Gasteiger charge is -2.17. The van der Waals surface area contributed by atoms with Gasteiger partial charge >= 0.3 is 0 Å². The monoisotopic (exact) mass is 302 g/mol. The Morgan fingerprint density at radius 2 is 2.35 bits per heavy atom. The van der Waals surface area contributed by atoms with Crippen LogP contribution < -0.4 is 11.1 Å². The number of halogens is 2. The van der Waals surface area contributed by atoms with Gasteiger partial charge in [0.25, 0.3) is 0 Å². The predicted molar refractivity (Wildman–Crippen MR) is 77.3 cm³/mol. The van der Waals surface area contributed by atoms with Crippen molar-refractivity contribution in [2.45, 2.75) is 31.4 Å². The maximum Gasteiger partial charge on any atom is 0.223 e. The minimum Gasteiger partial charge on any atom is -0.380 e. The number of nitrogens with one attached hydrogen (secondary N) is 1. The van der Waals surface area contributed by atoms with Gasteiger partial charge in [-0.3, -0.25) is 4.79 Å². The molecule has 1 aromatic carbocycles. The van der Waals surface area contributed by atoms with Crippen molar-refractivity contribution in [1.29, 1.82) is 0 Å². The first kappa shape index (κ1) is 16.9. The molecule has 1 amide bonds. The predicted octanol–water partition coefficient (Wildman–Crippen LogP) is 1.71. The molecule has 1 aromatic rings. The molecule has 3 N–H and O–H groups in total. The van der Waals surface area contributed by atoms with Crippen LogP contribution in [0.1, 0.15) is 30.0 Å². The van der Waals surface area contributed by atoms with E-state index in [2.05, 4.69) is 5.32 Å². The molecule has 0 fully saturated rings. The molecule has 20 heavy (non-hydrogen) atoms. The molecule has 0 aliphatic heterocycles. The van der Waals surface area contributed by atoms with Gasteiger partial charge in [0, 0.05) is 13.7 Å². The number of carbonyl (C=O) groups is 1. The number of aryl methyl sites for hydroxylation is 1. The maximum atomic E-state index is 13.1. The van der Waals surface area contributed by atoms with Crippen LogP contribution in [0.15, 0.2) is 18.2 Å². The average molecular weight is 303 g/mol. The second-order valence-electron chi connectivity index (χ2n) is 4.80. The summed E-state index contributed by atoms with van der Waals surface area (Å²) in [5, 5.41) is 2.96. The summed E-state index contributed by atoms with van der Waals surface area (Å²) in [5.74, 6) is -0.312. The van der Waals surface area contributed by atoms with Gasteiger partial charge < -0.3 is 15.8 Å². The number of nitrogens with two attached hydrogens (primary N) is 1. The first-order chi connectivity index (χ1) is 9.13. The Kier molecular flexibility index (Phi) is 6.39. The Labute approximate surface area is 124 Å². The largest absolute Gasteiger partial charge is 0.380 e. The number of rotatable bonds is 5. The number of benzene rings is 1. The third-order valence-electron chi connectivity index (χ3n) is 3.53.